The maximum absolute atomic E-state index is 12.6. The Labute approximate surface area is 137 Å². The van der Waals surface area contributed by atoms with Crippen LogP contribution in [0, 0.1) is 11.3 Å². The van der Waals surface area contributed by atoms with Gasteiger partial charge in [0.15, 0.2) is 5.69 Å². The molecule has 23 heavy (non-hydrogen) atoms. The highest BCUT2D eigenvalue weighted by molar-refractivity contribution is 7.93. The molecule has 0 aliphatic rings. The molecule has 0 spiro atoms. The number of sulfonamides is 1. The summed E-state index contributed by atoms with van der Waals surface area (Å²) in [7, 11) is -3.87. The molecule has 0 saturated carbocycles. The number of H-pyrrole nitrogens is 1. The fourth-order valence-electron chi connectivity index (χ4n) is 2.31. The molecule has 0 fully saturated rings. The standard InChI is InChI=1S/C14H12ClN5O2S/c1-2-20-13(6-16)12(7-18-20)19-23(21,22)14-8-17-11-5-9(15)3-4-10(11)14/h3-5,7-8,17,19H,2H2,1H3. The lowest BCUT2D eigenvalue weighted by Crippen LogP contribution is -2.13. The Balaban J connectivity index is 2.05. The molecule has 0 radical (unpaired) electrons. The molecule has 2 N–H and O–H groups in total. The molecule has 7 nitrogen and oxygen atoms in total. The zero-order chi connectivity index (χ0) is 16.6. The van der Waals surface area contributed by atoms with Gasteiger partial charge in [-0.1, -0.05) is 11.6 Å². The Morgan fingerprint density at radius 2 is 2.26 bits per heavy atom. The summed E-state index contributed by atoms with van der Waals surface area (Å²) in [5.74, 6) is 0. The van der Waals surface area contributed by atoms with Crippen LogP contribution in [-0.4, -0.2) is 23.2 Å². The molecule has 0 aliphatic carbocycles. The number of hydrogen-bond donors (Lipinski definition) is 2. The third-order valence-electron chi connectivity index (χ3n) is 3.38. The number of rotatable bonds is 4. The second kappa shape index (κ2) is 5.61. The Morgan fingerprint density at radius 1 is 1.48 bits per heavy atom. The van der Waals surface area contributed by atoms with E-state index < -0.39 is 10.0 Å². The minimum absolute atomic E-state index is 0.0808. The number of nitriles is 1. The third-order valence-corrected chi connectivity index (χ3v) is 5.03. The molecule has 0 atom stereocenters. The van der Waals surface area contributed by atoms with Crippen molar-refractivity contribution in [1.29, 1.82) is 5.26 Å². The van der Waals surface area contributed by atoms with E-state index >= 15 is 0 Å². The summed E-state index contributed by atoms with van der Waals surface area (Å²) in [5.41, 5.74) is 0.930. The summed E-state index contributed by atoms with van der Waals surface area (Å²) >= 11 is 5.90. The van der Waals surface area contributed by atoms with Crippen LogP contribution in [0.4, 0.5) is 5.69 Å². The molecule has 0 amide bonds. The Morgan fingerprint density at radius 3 is 2.96 bits per heavy atom. The van der Waals surface area contributed by atoms with Crippen molar-refractivity contribution in [3.63, 3.8) is 0 Å². The van der Waals surface area contributed by atoms with Crippen LogP contribution in [0.2, 0.25) is 5.02 Å². The largest absolute Gasteiger partial charge is 0.360 e. The topological polar surface area (TPSA) is 104 Å². The Hall–Kier alpha value is -2.50. The molecular formula is C14H12ClN5O2S. The zero-order valence-electron chi connectivity index (χ0n) is 12.0. The lowest BCUT2D eigenvalue weighted by atomic mass is 10.2. The van der Waals surface area contributed by atoms with Gasteiger partial charge in [0.05, 0.1) is 6.20 Å². The fourth-order valence-corrected chi connectivity index (χ4v) is 3.71. The van der Waals surface area contributed by atoms with E-state index in [1.807, 2.05) is 13.0 Å². The van der Waals surface area contributed by atoms with E-state index in [4.69, 9.17) is 11.6 Å². The molecule has 118 valence electrons. The minimum atomic E-state index is -3.87. The van der Waals surface area contributed by atoms with Gasteiger partial charge in [0.2, 0.25) is 0 Å². The van der Waals surface area contributed by atoms with Gasteiger partial charge in [-0.15, -0.1) is 0 Å². The highest BCUT2D eigenvalue weighted by Crippen LogP contribution is 2.27. The Bertz CT molecular complexity index is 1030. The van der Waals surface area contributed by atoms with Gasteiger partial charge in [-0.25, -0.2) is 8.42 Å². The first-order valence-electron chi connectivity index (χ1n) is 6.71. The van der Waals surface area contributed by atoms with Gasteiger partial charge in [-0.05, 0) is 25.1 Å². The van der Waals surface area contributed by atoms with E-state index in [2.05, 4.69) is 14.8 Å². The first-order chi connectivity index (χ1) is 11.0. The molecule has 2 heterocycles. The smallest absolute Gasteiger partial charge is 0.264 e. The normalized spacial score (nSPS) is 11.5. The fraction of sp³-hybridized carbons (Fsp3) is 0.143. The van der Waals surface area contributed by atoms with Gasteiger partial charge in [-0.3, -0.25) is 9.40 Å². The summed E-state index contributed by atoms with van der Waals surface area (Å²) in [4.78, 5) is 2.96. The molecular weight excluding hydrogens is 338 g/mol. The monoisotopic (exact) mass is 349 g/mol. The summed E-state index contributed by atoms with van der Waals surface area (Å²) in [5, 5.41) is 14.2. The summed E-state index contributed by atoms with van der Waals surface area (Å²) in [6, 6.07) is 6.85. The number of aryl methyl sites for hydroxylation is 1. The molecule has 0 unspecified atom stereocenters. The molecule has 3 aromatic rings. The van der Waals surface area contributed by atoms with Crippen molar-refractivity contribution in [2.45, 2.75) is 18.4 Å². The van der Waals surface area contributed by atoms with Crippen LogP contribution in [0.25, 0.3) is 10.9 Å². The average molecular weight is 350 g/mol. The second-order valence-electron chi connectivity index (χ2n) is 4.78. The lowest BCUT2D eigenvalue weighted by Gasteiger charge is -2.06. The second-order valence-corrected chi connectivity index (χ2v) is 6.87. The summed E-state index contributed by atoms with van der Waals surface area (Å²) in [6.07, 6.45) is 2.71. The number of anilines is 1. The number of aromatic nitrogens is 3. The molecule has 9 heteroatoms. The number of nitrogens with zero attached hydrogens (tertiary/aromatic N) is 3. The van der Waals surface area contributed by atoms with Gasteiger partial charge in [0, 0.05) is 28.7 Å². The predicted octanol–water partition coefficient (Wildman–Crippen LogP) is 2.71. The van der Waals surface area contributed by atoms with Crippen molar-refractivity contribution in [3.05, 3.63) is 41.3 Å². The van der Waals surface area contributed by atoms with Crippen LogP contribution in [0.1, 0.15) is 12.6 Å². The van der Waals surface area contributed by atoms with E-state index in [1.54, 1.807) is 18.2 Å². The number of nitrogens with one attached hydrogen (secondary N) is 2. The van der Waals surface area contributed by atoms with E-state index in [0.717, 1.165) is 0 Å². The van der Waals surface area contributed by atoms with E-state index in [1.165, 1.54) is 17.1 Å². The van der Waals surface area contributed by atoms with Crippen molar-refractivity contribution in [2.75, 3.05) is 4.72 Å². The molecule has 0 bridgehead atoms. The van der Waals surface area contributed by atoms with E-state index in [-0.39, 0.29) is 16.3 Å². The number of aromatic amines is 1. The molecule has 2 aromatic heterocycles. The van der Waals surface area contributed by atoms with Gasteiger partial charge in [0.25, 0.3) is 10.0 Å². The van der Waals surface area contributed by atoms with Gasteiger partial charge >= 0.3 is 0 Å². The number of hydrogen-bond acceptors (Lipinski definition) is 4. The molecule has 0 saturated heterocycles. The van der Waals surface area contributed by atoms with Crippen LogP contribution < -0.4 is 4.72 Å². The van der Waals surface area contributed by atoms with E-state index in [9.17, 15) is 13.7 Å². The third kappa shape index (κ3) is 2.65. The summed E-state index contributed by atoms with van der Waals surface area (Å²) in [6.45, 7) is 2.28. The SMILES string of the molecule is CCn1ncc(NS(=O)(=O)c2c[nH]c3cc(Cl)ccc23)c1C#N. The van der Waals surface area contributed by atoms with Crippen molar-refractivity contribution < 1.29 is 8.42 Å². The molecule has 1 aromatic carbocycles. The minimum Gasteiger partial charge on any atom is -0.360 e. The van der Waals surface area contributed by atoms with Crippen LogP contribution in [-0.2, 0) is 16.6 Å². The van der Waals surface area contributed by atoms with Gasteiger partial charge in [-0.2, -0.15) is 10.4 Å². The molecule has 3 rings (SSSR count). The van der Waals surface area contributed by atoms with Crippen molar-refractivity contribution in [1.82, 2.24) is 14.8 Å². The van der Waals surface area contributed by atoms with Crippen molar-refractivity contribution in [2.24, 2.45) is 0 Å². The quantitative estimate of drug-likeness (QED) is 0.755. The highest BCUT2D eigenvalue weighted by Gasteiger charge is 2.22. The predicted molar refractivity (Wildman–Crippen MR) is 86.7 cm³/mol. The van der Waals surface area contributed by atoms with E-state index in [0.29, 0.717) is 22.5 Å². The first kappa shape index (κ1) is 15.4. The van der Waals surface area contributed by atoms with Crippen LogP contribution in [0.5, 0.6) is 0 Å². The number of benzene rings is 1. The zero-order valence-corrected chi connectivity index (χ0v) is 13.6. The summed E-state index contributed by atoms with van der Waals surface area (Å²) < 4.78 is 29.1. The maximum Gasteiger partial charge on any atom is 0.264 e. The Kier molecular flexibility index (Phi) is 3.75. The maximum atomic E-state index is 12.6. The number of fused-ring (bicyclic) bond motifs is 1. The van der Waals surface area contributed by atoms with Crippen LogP contribution in [0.3, 0.4) is 0 Å². The van der Waals surface area contributed by atoms with Gasteiger partial charge < -0.3 is 4.98 Å². The lowest BCUT2D eigenvalue weighted by molar-refractivity contribution is 0.602. The van der Waals surface area contributed by atoms with Crippen molar-refractivity contribution in [3.8, 4) is 6.07 Å². The number of halogens is 1. The average Bonchev–Trinajstić information content (AvgIpc) is 3.09. The van der Waals surface area contributed by atoms with Crippen LogP contribution in [0.15, 0.2) is 35.5 Å². The van der Waals surface area contributed by atoms with Gasteiger partial charge in [0.1, 0.15) is 16.7 Å². The highest BCUT2D eigenvalue weighted by atomic mass is 35.5. The van der Waals surface area contributed by atoms with Crippen LogP contribution >= 0.6 is 11.6 Å². The molecule has 0 aliphatic heterocycles. The first-order valence-corrected chi connectivity index (χ1v) is 8.57. The van der Waals surface area contributed by atoms with Crippen molar-refractivity contribution >= 4 is 38.2 Å².